The lowest BCUT2D eigenvalue weighted by Crippen LogP contribution is -2.45. The highest BCUT2D eigenvalue weighted by atomic mass is 79.9. The van der Waals surface area contributed by atoms with Crippen molar-refractivity contribution in [3.05, 3.63) is 56.5 Å². The van der Waals surface area contributed by atoms with Crippen LogP contribution in [0.4, 0.5) is 0 Å². The van der Waals surface area contributed by atoms with Crippen LogP contribution in [0.5, 0.6) is 11.5 Å². The number of ether oxygens (including phenoxy) is 2. The van der Waals surface area contributed by atoms with Gasteiger partial charge in [0.05, 0.1) is 4.47 Å². The fraction of sp³-hybridized carbons (Fsp3) is 0.333. The third-order valence-electron chi connectivity index (χ3n) is 4.33. The largest absolute Gasteiger partial charge is 0.483 e. The highest BCUT2D eigenvalue weighted by Crippen LogP contribution is 2.30. The second-order valence-corrected chi connectivity index (χ2v) is 8.35. The summed E-state index contributed by atoms with van der Waals surface area (Å²) in [6.45, 7) is 5.72. The zero-order valence-electron chi connectivity index (χ0n) is 16.6. The molecule has 0 aromatic heterocycles. The number of carbonyl (C=O) groups is 2. The number of carbonyl (C=O) groups excluding carboxylic acids is 2. The SMILES string of the molecule is CCC(C)c1ccc(OCC(=O)NNC(=O)COc2ccc(Br)cc2C)c(Br)c1. The number of halogens is 2. The maximum Gasteiger partial charge on any atom is 0.276 e. The van der Waals surface area contributed by atoms with Crippen LogP contribution in [0.2, 0.25) is 0 Å². The molecule has 0 fully saturated rings. The van der Waals surface area contributed by atoms with Crippen LogP contribution in [-0.2, 0) is 9.59 Å². The monoisotopic (exact) mass is 526 g/mol. The van der Waals surface area contributed by atoms with Crippen molar-refractivity contribution in [2.45, 2.75) is 33.1 Å². The van der Waals surface area contributed by atoms with E-state index in [1.165, 1.54) is 5.56 Å². The van der Waals surface area contributed by atoms with Gasteiger partial charge < -0.3 is 9.47 Å². The lowest BCUT2D eigenvalue weighted by molar-refractivity contribution is -0.131. The molecule has 2 aromatic carbocycles. The molecular weight excluding hydrogens is 504 g/mol. The quantitative estimate of drug-likeness (QED) is 0.490. The molecule has 0 saturated carbocycles. The van der Waals surface area contributed by atoms with Crippen LogP contribution >= 0.6 is 31.9 Å². The van der Waals surface area contributed by atoms with E-state index < -0.39 is 11.8 Å². The van der Waals surface area contributed by atoms with E-state index in [1.807, 2.05) is 37.3 Å². The lowest BCUT2D eigenvalue weighted by atomic mass is 9.99. The molecule has 0 bridgehead atoms. The molecule has 0 aliphatic heterocycles. The summed E-state index contributed by atoms with van der Waals surface area (Å²) in [4.78, 5) is 23.8. The van der Waals surface area contributed by atoms with Crippen molar-refractivity contribution < 1.29 is 19.1 Å². The van der Waals surface area contributed by atoms with Crippen molar-refractivity contribution in [3.63, 3.8) is 0 Å². The zero-order chi connectivity index (χ0) is 21.4. The smallest absolute Gasteiger partial charge is 0.276 e. The molecule has 2 amide bonds. The van der Waals surface area contributed by atoms with Crippen LogP contribution in [0.3, 0.4) is 0 Å². The van der Waals surface area contributed by atoms with Gasteiger partial charge in [0, 0.05) is 4.47 Å². The number of benzene rings is 2. The third kappa shape index (κ3) is 7.36. The molecule has 6 nitrogen and oxygen atoms in total. The number of aryl methyl sites for hydroxylation is 1. The molecule has 1 atom stereocenters. The first-order valence-corrected chi connectivity index (χ1v) is 10.8. The summed E-state index contributed by atoms with van der Waals surface area (Å²) < 4.78 is 12.7. The predicted molar refractivity (Wildman–Crippen MR) is 119 cm³/mol. The van der Waals surface area contributed by atoms with E-state index in [0.717, 1.165) is 20.9 Å². The van der Waals surface area contributed by atoms with E-state index in [9.17, 15) is 9.59 Å². The third-order valence-corrected chi connectivity index (χ3v) is 5.45. The Morgan fingerprint density at radius 3 is 2.10 bits per heavy atom. The van der Waals surface area contributed by atoms with Gasteiger partial charge in [0.1, 0.15) is 11.5 Å². The van der Waals surface area contributed by atoms with Gasteiger partial charge in [-0.1, -0.05) is 35.8 Å². The summed E-state index contributed by atoms with van der Waals surface area (Å²) in [6, 6.07) is 11.3. The molecular formula is C21H24Br2N2O4. The van der Waals surface area contributed by atoms with Crippen molar-refractivity contribution in [3.8, 4) is 11.5 Å². The summed E-state index contributed by atoms with van der Waals surface area (Å²) in [7, 11) is 0. The van der Waals surface area contributed by atoms with Gasteiger partial charge in [0.25, 0.3) is 11.8 Å². The molecule has 8 heteroatoms. The summed E-state index contributed by atoms with van der Waals surface area (Å²) in [5.74, 6) is 0.661. The fourth-order valence-corrected chi connectivity index (χ4v) is 3.44. The van der Waals surface area contributed by atoms with Gasteiger partial charge >= 0.3 is 0 Å². The first-order valence-electron chi connectivity index (χ1n) is 9.19. The molecule has 156 valence electrons. The average molecular weight is 528 g/mol. The second-order valence-electron chi connectivity index (χ2n) is 6.58. The van der Waals surface area contributed by atoms with Gasteiger partial charge in [-0.2, -0.15) is 0 Å². The normalized spacial score (nSPS) is 11.5. The maximum atomic E-state index is 11.9. The first kappa shape index (κ1) is 23.2. The van der Waals surface area contributed by atoms with E-state index in [0.29, 0.717) is 17.4 Å². The van der Waals surface area contributed by atoms with Crippen LogP contribution in [0.25, 0.3) is 0 Å². The van der Waals surface area contributed by atoms with Gasteiger partial charge in [-0.05, 0) is 76.7 Å². The topological polar surface area (TPSA) is 76.7 Å². The number of amides is 2. The Morgan fingerprint density at radius 1 is 0.966 bits per heavy atom. The lowest BCUT2D eigenvalue weighted by Gasteiger charge is -2.13. The van der Waals surface area contributed by atoms with Crippen LogP contribution in [0, 0.1) is 6.92 Å². The van der Waals surface area contributed by atoms with Gasteiger partial charge in [-0.25, -0.2) is 0 Å². The molecule has 1 unspecified atom stereocenters. The summed E-state index contributed by atoms with van der Waals surface area (Å²) in [5.41, 5.74) is 6.70. The first-order chi connectivity index (χ1) is 13.8. The predicted octanol–water partition coefficient (Wildman–Crippen LogP) is 4.64. The molecule has 2 N–H and O–H groups in total. The van der Waals surface area contributed by atoms with Crippen LogP contribution in [0.1, 0.15) is 37.3 Å². The minimum absolute atomic E-state index is 0.216. The van der Waals surface area contributed by atoms with E-state index >= 15 is 0 Å². The van der Waals surface area contributed by atoms with Crippen molar-refractivity contribution in [1.82, 2.24) is 10.9 Å². The molecule has 29 heavy (non-hydrogen) atoms. The van der Waals surface area contributed by atoms with Crippen molar-refractivity contribution in [1.29, 1.82) is 0 Å². The molecule has 0 heterocycles. The highest BCUT2D eigenvalue weighted by Gasteiger charge is 2.11. The minimum atomic E-state index is -0.476. The van der Waals surface area contributed by atoms with Crippen LogP contribution < -0.4 is 20.3 Å². The van der Waals surface area contributed by atoms with Crippen molar-refractivity contribution in [2.24, 2.45) is 0 Å². The van der Waals surface area contributed by atoms with Gasteiger partial charge in [0.15, 0.2) is 13.2 Å². The summed E-state index contributed by atoms with van der Waals surface area (Å²) in [5, 5.41) is 0. The van der Waals surface area contributed by atoms with Crippen LogP contribution in [0.15, 0.2) is 45.3 Å². The molecule has 0 saturated heterocycles. The Hall–Kier alpha value is -2.06. The fourth-order valence-electron chi connectivity index (χ4n) is 2.45. The Labute approximate surface area is 187 Å². The number of hydrogen-bond donors (Lipinski definition) is 2. The Balaban J connectivity index is 1.74. The Bertz CT molecular complexity index is 874. The van der Waals surface area contributed by atoms with E-state index in [2.05, 4.69) is 56.6 Å². The second kappa shape index (κ2) is 11.2. The number of hydrogen-bond acceptors (Lipinski definition) is 4. The average Bonchev–Trinajstić information content (AvgIpc) is 2.70. The number of hydrazine groups is 1. The summed E-state index contributed by atoms with van der Waals surface area (Å²) >= 11 is 6.83. The summed E-state index contributed by atoms with van der Waals surface area (Å²) in [6.07, 6.45) is 1.04. The molecule has 0 aliphatic rings. The van der Waals surface area contributed by atoms with Crippen molar-refractivity contribution in [2.75, 3.05) is 13.2 Å². The van der Waals surface area contributed by atoms with E-state index in [1.54, 1.807) is 6.07 Å². The van der Waals surface area contributed by atoms with E-state index in [4.69, 9.17) is 9.47 Å². The van der Waals surface area contributed by atoms with Gasteiger partial charge in [0.2, 0.25) is 0 Å². The standard InChI is InChI=1S/C21H24Br2N2O4/c1-4-13(2)15-5-7-19(17(23)10-15)29-12-21(27)25-24-20(26)11-28-18-8-6-16(22)9-14(18)3/h5-10,13H,4,11-12H2,1-3H3,(H,24,26)(H,25,27). The van der Waals surface area contributed by atoms with E-state index in [-0.39, 0.29) is 13.2 Å². The molecule has 0 spiro atoms. The van der Waals surface area contributed by atoms with Gasteiger partial charge in [-0.15, -0.1) is 0 Å². The Morgan fingerprint density at radius 2 is 1.55 bits per heavy atom. The zero-order valence-corrected chi connectivity index (χ0v) is 19.7. The highest BCUT2D eigenvalue weighted by molar-refractivity contribution is 9.10. The van der Waals surface area contributed by atoms with Crippen molar-refractivity contribution >= 4 is 43.7 Å². The molecule has 0 radical (unpaired) electrons. The number of nitrogens with one attached hydrogen (secondary N) is 2. The van der Waals surface area contributed by atoms with Crippen LogP contribution in [-0.4, -0.2) is 25.0 Å². The van der Waals surface area contributed by atoms with Gasteiger partial charge in [-0.3, -0.25) is 20.4 Å². The molecule has 0 aliphatic carbocycles. The minimum Gasteiger partial charge on any atom is -0.483 e. The molecule has 2 rings (SSSR count). The Kier molecular flexibility index (Phi) is 8.98. The molecule has 2 aromatic rings. The number of rotatable bonds is 8. The maximum absolute atomic E-state index is 11.9.